The van der Waals surface area contributed by atoms with Crippen molar-refractivity contribution in [2.24, 2.45) is 5.92 Å². The monoisotopic (exact) mass is 637 g/mol. The number of anilines is 1. The van der Waals surface area contributed by atoms with Crippen LogP contribution in [0.3, 0.4) is 0 Å². The predicted molar refractivity (Wildman–Crippen MR) is 166 cm³/mol. The number of hydrogen-bond acceptors (Lipinski definition) is 4. The number of carbonyl (C=O) groups excluding carboxylic acids is 2. The highest BCUT2D eigenvalue weighted by molar-refractivity contribution is 7.92. The molecule has 0 radical (unpaired) electrons. The van der Waals surface area contributed by atoms with Crippen LogP contribution in [0.2, 0.25) is 15.1 Å². The number of sulfonamides is 1. The Morgan fingerprint density at radius 2 is 1.56 bits per heavy atom. The number of aryl methyl sites for hydroxylation is 1. The molecule has 0 aliphatic carbocycles. The lowest BCUT2D eigenvalue weighted by Gasteiger charge is -2.34. The molecule has 3 rings (SSSR count). The number of hydrogen-bond donors (Lipinski definition) is 1. The molecule has 0 fully saturated rings. The third-order valence-electron chi connectivity index (χ3n) is 6.46. The van der Waals surface area contributed by atoms with Crippen molar-refractivity contribution in [2.45, 2.75) is 51.6 Å². The van der Waals surface area contributed by atoms with Crippen molar-refractivity contribution in [3.05, 3.63) is 92.9 Å². The Labute approximate surface area is 257 Å². The van der Waals surface area contributed by atoms with Crippen molar-refractivity contribution >= 4 is 62.3 Å². The van der Waals surface area contributed by atoms with Gasteiger partial charge < -0.3 is 10.2 Å². The molecular formula is C30H34Cl3N3O4S. The van der Waals surface area contributed by atoms with Gasteiger partial charge in [-0.1, -0.05) is 79.8 Å². The number of nitrogens with one attached hydrogen (secondary N) is 1. The zero-order chi connectivity index (χ0) is 30.3. The molecule has 220 valence electrons. The third kappa shape index (κ3) is 8.38. The van der Waals surface area contributed by atoms with E-state index in [0.717, 1.165) is 4.31 Å². The highest BCUT2D eigenvalue weighted by Gasteiger charge is 2.34. The summed E-state index contributed by atoms with van der Waals surface area (Å²) in [5.74, 6) is -0.707. The van der Waals surface area contributed by atoms with Gasteiger partial charge in [-0.25, -0.2) is 8.42 Å². The second-order valence-corrected chi connectivity index (χ2v) is 13.2. The lowest BCUT2D eigenvalue weighted by molar-refractivity contribution is -0.140. The van der Waals surface area contributed by atoms with Crippen LogP contribution < -0.4 is 9.62 Å². The first-order valence-electron chi connectivity index (χ1n) is 13.2. The van der Waals surface area contributed by atoms with Gasteiger partial charge in [-0.15, -0.1) is 0 Å². The Bertz CT molecular complexity index is 1480. The lowest BCUT2D eigenvalue weighted by Crippen LogP contribution is -2.52. The van der Waals surface area contributed by atoms with E-state index in [0.29, 0.717) is 44.8 Å². The fourth-order valence-electron chi connectivity index (χ4n) is 4.31. The number of amides is 2. The van der Waals surface area contributed by atoms with E-state index in [1.807, 2.05) is 13.8 Å². The smallest absolute Gasteiger partial charge is 0.264 e. The Balaban J connectivity index is 2.09. The number of carbonyl (C=O) groups is 2. The molecule has 1 atom stereocenters. The molecule has 0 spiro atoms. The maximum Gasteiger partial charge on any atom is 0.264 e. The Kier molecular flexibility index (Phi) is 11.5. The zero-order valence-corrected chi connectivity index (χ0v) is 26.5. The molecule has 0 aromatic heterocycles. The summed E-state index contributed by atoms with van der Waals surface area (Å²) in [4.78, 5) is 28.9. The fraction of sp³-hybridized carbons (Fsp3) is 0.333. The highest BCUT2D eigenvalue weighted by atomic mass is 35.5. The van der Waals surface area contributed by atoms with E-state index in [1.165, 1.54) is 17.0 Å². The first kappa shape index (κ1) is 32.7. The standard InChI is InChI=1S/C30H34Cl3N3O4S/c1-5-27(30(38)34-17-20(2)3)35(18-22-11-12-24(32)16-26(22)33)29(37)19-36(28-14-13-23(31)15-21(28)4)41(39,40)25-9-7-6-8-10-25/h6-16,20,27H,5,17-19H2,1-4H3,(H,34,38)/t27-/m1/s1. The average Bonchev–Trinajstić information content (AvgIpc) is 2.92. The Morgan fingerprint density at radius 3 is 2.15 bits per heavy atom. The van der Waals surface area contributed by atoms with Crippen molar-refractivity contribution in [2.75, 3.05) is 17.4 Å². The van der Waals surface area contributed by atoms with Gasteiger partial charge in [0.1, 0.15) is 12.6 Å². The lowest BCUT2D eigenvalue weighted by atomic mass is 10.1. The number of rotatable bonds is 12. The molecule has 3 aromatic rings. The second-order valence-electron chi connectivity index (χ2n) is 10.1. The zero-order valence-electron chi connectivity index (χ0n) is 23.4. The van der Waals surface area contributed by atoms with Gasteiger partial charge in [0.25, 0.3) is 10.0 Å². The van der Waals surface area contributed by atoms with Crippen molar-refractivity contribution in [1.82, 2.24) is 10.2 Å². The summed E-state index contributed by atoms with van der Waals surface area (Å²) in [6.45, 7) is 7.30. The third-order valence-corrected chi connectivity index (χ3v) is 9.06. The molecule has 0 saturated carbocycles. The molecule has 0 aliphatic rings. The minimum Gasteiger partial charge on any atom is -0.354 e. The molecule has 0 aliphatic heterocycles. The molecule has 11 heteroatoms. The summed E-state index contributed by atoms with van der Waals surface area (Å²) < 4.78 is 28.9. The van der Waals surface area contributed by atoms with E-state index in [2.05, 4.69) is 5.32 Å². The number of nitrogens with zero attached hydrogens (tertiary/aromatic N) is 2. The maximum absolute atomic E-state index is 14.2. The van der Waals surface area contributed by atoms with Crippen LogP contribution in [0.1, 0.15) is 38.3 Å². The van der Waals surface area contributed by atoms with Gasteiger partial charge in [-0.05, 0) is 72.9 Å². The summed E-state index contributed by atoms with van der Waals surface area (Å²) in [7, 11) is -4.18. The molecule has 41 heavy (non-hydrogen) atoms. The Hall–Kier alpha value is -2.78. The van der Waals surface area contributed by atoms with Crippen LogP contribution in [0.25, 0.3) is 0 Å². The van der Waals surface area contributed by atoms with Crippen LogP contribution in [0.4, 0.5) is 5.69 Å². The van der Waals surface area contributed by atoms with E-state index >= 15 is 0 Å². The summed E-state index contributed by atoms with van der Waals surface area (Å²) in [5, 5.41) is 4.09. The molecule has 0 bridgehead atoms. The molecular weight excluding hydrogens is 605 g/mol. The summed E-state index contributed by atoms with van der Waals surface area (Å²) in [5.41, 5.74) is 1.44. The molecule has 7 nitrogen and oxygen atoms in total. The van der Waals surface area contributed by atoms with Crippen molar-refractivity contribution in [1.29, 1.82) is 0 Å². The predicted octanol–water partition coefficient (Wildman–Crippen LogP) is 6.73. The minimum absolute atomic E-state index is 0.0242. The van der Waals surface area contributed by atoms with Gasteiger partial charge in [0, 0.05) is 28.2 Å². The minimum atomic E-state index is -4.18. The fourth-order valence-corrected chi connectivity index (χ4v) is 6.50. The van der Waals surface area contributed by atoms with Gasteiger partial charge in [0.2, 0.25) is 11.8 Å². The largest absolute Gasteiger partial charge is 0.354 e. The van der Waals surface area contributed by atoms with Gasteiger partial charge in [0.15, 0.2) is 0 Å². The van der Waals surface area contributed by atoms with Crippen molar-refractivity contribution < 1.29 is 18.0 Å². The van der Waals surface area contributed by atoms with E-state index in [1.54, 1.807) is 68.4 Å². The van der Waals surface area contributed by atoms with Crippen LogP contribution >= 0.6 is 34.8 Å². The van der Waals surface area contributed by atoms with E-state index in [-0.39, 0.29) is 23.3 Å². The quantitative estimate of drug-likeness (QED) is 0.238. The topological polar surface area (TPSA) is 86.8 Å². The van der Waals surface area contributed by atoms with Crippen LogP contribution in [0.5, 0.6) is 0 Å². The van der Waals surface area contributed by atoms with Gasteiger partial charge >= 0.3 is 0 Å². The van der Waals surface area contributed by atoms with E-state index < -0.39 is 28.5 Å². The summed E-state index contributed by atoms with van der Waals surface area (Å²) in [6.07, 6.45) is 0.298. The second kappa shape index (κ2) is 14.4. The van der Waals surface area contributed by atoms with E-state index in [9.17, 15) is 18.0 Å². The van der Waals surface area contributed by atoms with Gasteiger partial charge in [0.05, 0.1) is 10.6 Å². The summed E-state index contributed by atoms with van der Waals surface area (Å²) in [6, 6.07) is 16.7. The molecule has 0 heterocycles. The average molecular weight is 639 g/mol. The molecule has 2 amide bonds. The molecule has 1 N–H and O–H groups in total. The Morgan fingerprint density at radius 1 is 0.927 bits per heavy atom. The van der Waals surface area contributed by atoms with Crippen LogP contribution in [-0.4, -0.2) is 44.3 Å². The van der Waals surface area contributed by atoms with Gasteiger partial charge in [-0.3, -0.25) is 13.9 Å². The number of halogens is 3. The van der Waals surface area contributed by atoms with Crippen LogP contribution in [0.15, 0.2) is 71.6 Å². The molecule has 0 saturated heterocycles. The highest BCUT2D eigenvalue weighted by Crippen LogP contribution is 2.30. The normalized spacial score (nSPS) is 12.2. The maximum atomic E-state index is 14.2. The van der Waals surface area contributed by atoms with Crippen LogP contribution in [0, 0.1) is 12.8 Å². The first-order valence-corrected chi connectivity index (χ1v) is 15.8. The number of benzene rings is 3. The molecule has 3 aromatic carbocycles. The van der Waals surface area contributed by atoms with Crippen molar-refractivity contribution in [3.8, 4) is 0 Å². The van der Waals surface area contributed by atoms with Crippen LogP contribution in [-0.2, 0) is 26.2 Å². The van der Waals surface area contributed by atoms with Crippen molar-refractivity contribution in [3.63, 3.8) is 0 Å². The van der Waals surface area contributed by atoms with Gasteiger partial charge in [-0.2, -0.15) is 0 Å². The summed E-state index contributed by atoms with van der Waals surface area (Å²) >= 11 is 18.7. The SMILES string of the molecule is CC[C@H](C(=O)NCC(C)C)N(Cc1ccc(Cl)cc1Cl)C(=O)CN(c1ccc(Cl)cc1C)S(=O)(=O)c1ccccc1. The molecule has 0 unspecified atom stereocenters. The van der Waals surface area contributed by atoms with E-state index in [4.69, 9.17) is 34.8 Å². The first-order chi connectivity index (χ1) is 19.3.